The van der Waals surface area contributed by atoms with Gasteiger partial charge in [0, 0.05) is 28.7 Å². The molecule has 0 bridgehead atoms. The van der Waals surface area contributed by atoms with E-state index in [1.165, 1.54) is 23.9 Å². The van der Waals surface area contributed by atoms with E-state index >= 15 is 0 Å². The Hall–Kier alpha value is -1.55. The maximum atomic E-state index is 13.0. The van der Waals surface area contributed by atoms with Gasteiger partial charge in [-0.3, -0.25) is 4.98 Å². The smallest absolute Gasteiger partial charge is 0.124 e. The first kappa shape index (κ1) is 11.0. The van der Waals surface area contributed by atoms with Gasteiger partial charge in [-0.25, -0.2) is 4.39 Å². The molecule has 2 N–H and O–H groups in total. The Morgan fingerprint density at radius 1 is 1.31 bits per heavy atom. The molecule has 0 aliphatic heterocycles. The van der Waals surface area contributed by atoms with Crippen LogP contribution in [0.25, 0.3) is 0 Å². The summed E-state index contributed by atoms with van der Waals surface area (Å²) in [4.78, 5) is 4.79. The molecule has 0 fully saturated rings. The summed E-state index contributed by atoms with van der Waals surface area (Å²) in [6.45, 7) is 0. The van der Waals surface area contributed by atoms with Crippen molar-refractivity contribution in [3.8, 4) is 0 Å². The summed E-state index contributed by atoms with van der Waals surface area (Å²) in [6.07, 6.45) is 3.52. The van der Waals surface area contributed by atoms with E-state index in [-0.39, 0.29) is 5.82 Å². The molecule has 82 valence electrons. The van der Waals surface area contributed by atoms with Gasteiger partial charge in [0.2, 0.25) is 0 Å². The first-order chi connectivity index (χ1) is 7.75. The van der Waals surface area contributed by atoms with Crippen molar-refractivity contribution in [2.45, 2.75) is 10.6 Å². The molecule has 0 spiro atoms. The first-order valence-electron chi connectivity index (χ1n) is 4.82. The average Bonchev–Trinajstić information content (AvgIpc) is 2.32. The standard InChI is InChI=1S/C12H11FN2S/c13-10-3-4-11(14)12(6-10)16-8-9-2-1-5-15-7-9/h1-7H,8,14H2. The fourth-order valence-corrected chi connectivity index (χ4v) is 2.20. The highest BCUT2D eigenvalue weighted by atomic mass is 32.2. The van der Waals surface area contributed by atoms with Crippen LogP contribution >= 0.6 is 11.8 Å². The monoisotopic (exact) mass is 234 g/mol. The molecule has 0 aliphatic rings. The number of nitrogens with two attached hydrogens (primary N) is 1. The van der Waals surface area contributed by atoms with Crippen molar-refractivity contribution < 1.29 is 4.39 Å². The number of hydrogen-bond donors (Lipinski definition) is 1. The molecule has 0 amide bonds. The van der Waals surface area contributed by atoms with E-state index in [2.05, 4.69) is 4.98 Å². The van der Waals surface area contributed by atoms with E-state index in [1.54, 1.807) is 18.5 Å². The van der Waals surface area contributed by atoms with Gasteiger partial charge in [0.25, 0.3) is 0 Å². The molecule has 1 heterocycles. The number of nitrogens with zero attached hydrogens (tertiary/aromatic N) is 1. The second-order valence-corrected chi connectivity index (χ2v) is 4.35. The molecule has 4 heteroatoms. The highest BCUT2D eigenvalue weighted by Crippen LogP contribution is 2.28. The lowest BCUT2D eigenvalue weighted by Crippen LogP contribution is -1.90. The highest BCUT2D eigenvalue weighted by Gasteiger charge is 2.02. The Balaban J connectivity index is 2.08. The fourth-order valence-electron chi connectivity index (χ4n) is 1.28. The summed E-state index contributed by atoms with van der Waals surface area (Å²) in [5.74, 6) is 0.476. The Labute approximate surface area is 97.7 Å². The molecule has 16 heavy (non-hydrogen) atoms. The van der Waals surface area contributed by atoms with Gasteiger partial charge < -0.3 is 5.73 Å². The zero-order valence-electron chi connectivity index (χ0n) is 8.56. The Morgan fingerprint density at radius 2 is 2.19 bits per heavy atom. The largest absolute Gasteiger partial charge is 0.398 e. The minimum absolute atomic E-state index is 0.261. The van der Waals surface area contributed by atoms with Crippen molar-refractivity contribution in [3.05, 3.63) is 54.1 Å². The van der Waals surface area contributed by atoms with Crippen LogP contribution in [0, 0.1) is 5.82 Å². The fraction of sp³-hybridized carbons (Fsp3) is 0.0833. The number of aromatic nitrogens is 1. The van der Waals surface area contributed by atoms with Gasteiger partial charge in [0.15, 0.2) is 0 Å². The number of benzene rings is 1. The van der Waals surface area contributed by atoms with Crippen molar-refractivity contribution >= 4 is 17.4 Å². The van der Waals surface area contributed by atoms with Crippen molar-refractivity contribution in [2.75, 3.05) is 5.73 Å². The lowest BCUT2D eigenvalue weighted by molar-refractivity contribution is 0.624. The predicted octanol–water partition coefficient (Wildman–Crippen LogP) is 3.10. The number of pyridine rings is 1. The first-order valence-corrected chi connectivity index (χ1v) is 5.81. The van der Waals surface area contributed by atoms with Gasteiger partial charge in [0.1, 0.15) is 5.82 Å². The van der Waals surface area contributed by atoms with Crippen LogP contribution in [0.4, 0.5) is 10.1 Å². The third-order valence-corrected chi connectivity index (χ3v) is 3.23. The van der Waals surface area contributed by atoms with E-state index in [0.717, 1.165) is 16.2 Å². The molecule has 1 aromatic heterocycles. The topological polar surface area (TPSA) is 38.9 Å². The average molecular weight is 234 g/mol. The van der Waals surface area contributed by atoms with Crippen LogP contribution in [0.5, 0.6) is 0 Å². The van der Waals surface area contributed by atoms with Crippen LogP contribution < -0.4 is 5.73 Å². The third kappa shape index (κ3) is 2.73. The molecular weight excluding hydrogens is 223 g/mol. The summed E-state index contributed by atoms with van der Waals surface area (Å²) < 4.78 is 13.0. The maximum absolute atomic E-state index is 13.0. The van der Waals surface area contributed by atoms with E-state index in [9.17, 15) is 4.39 Å². The molecule has 0 radical (unpaired) electrons. The summed E-state index contributed by atoms with van der Waals surface area (Å²) in [6, 6.07) is 8.26. The summed E-state index contributed by atoms with van der Waals surface area (Å²) in [5.41, 5.74) is 7.45. The number of hydrogen-bond acceptors (Lipinski definition) is 3. The van der Waals surface area contributed by atoms with E-state index in [1.807, 2.05) is 12.1 Å². The highest BCUT2D eigenvalue weighted by molar-refractivity contribution is 7.98. The molecule has 2 aromatic rings. The van der Waals surface area contributed by atoms with Crippen molar-refractivity contribution in [3.63, 3.8) is 0 Å². The maximum Gasteiger partial charge on any atom is 0.124 e. The molecule has 1 aromatic carbocycles. The number of halogens is 1. The van der Waals surface area contributed by atoms with Crippen LogP contribution in [-0.4, -0.2) is 4.98 Å². The quantitative estimate of drug-likeness (QED) is 0.655. The number of anilines is 1. The van der Waals surface area contributed by atoms with E-state index in [0.29, 0.717) is 5.69 Å². The second-order valence-electron chi connectivity index (χ2n) is 3.33. The SMILES string of the molecule is Nc1ccc(F)cc1SCc1cccnc1. The van der Waals surface area contributed by atoms with Crippen LogP contribution in [0.2, 0.25) is 0 Å². The number of rotatable bonds is 3. The van der Waals surface area contributed by atoms with Gasteiger partial charge in [-0.1, -0.05) is 6.07 Å². The predicted molar refractivity (Wildman–Crippen MR) is 64.6 cm³/mol. The molecule has 2 nitrogen and oxygen atoms in total. The van der Waals surface area contributed by atoms with Gasteiger partial charge in [-0.05, 0) is 29.8 Å². The summed E-state index contributed by atoms with van der Waals surface area (Å²) in [5, 5.41) is 0. The number of thioether (sulfide) groups is 1. The zero-order valence-corrected chi connectivity index (χ0v) is 9.38. The van der Waals surface area contributed by atoms with Crippen molar-refractivity contribution in [2.24, 2.45) is 0 Å². The van der Waals surface area contributed by atoms with E-state index in [4.69, 9.17) is 5.73 Å². The van der Waals surface area contributed by atoms with Crippen molar-refractivity contribution in [1.82, 2.24) is 4.98 Å². The molecule has 2 rings (SSSR count). The van der Waals surface area contributed by atoms with Crippen LogP contribution in [0.15, 0.2) is 47.6 Å². The van der Waals surface area contributed by atoms with Crippen LogP contribution in [0.3, 0.4) is 0 Å². The molecule has 0 unspecified atom stereocenters. The minimum atomic E-state index is -0.261. The number of nitrogen functional groups attached to an aromatic ring is 1. The molecule has 0 saturated heterocycles. The minimum Gasteiger partial charge on any atom is -0.398 e. The second kappa shape index (κ2) is 4.99. The molecular formula is C12H11FN2S. The summed E-state index contributed by atoms with van der Waals surface area (Å²) >= 11 is 1.51. The Kier molecular flexibility index (Phi) is 3.41. The Bertz CT molecular complexity index is 474. The third-order valence-electron chi connectivity index (χ3n) is 2.09. The molecule has 0 saturated carbocycles. The Morgan fingerprint density at radius 3 is 2.94 bits per heavy atom. The van der Waals surface area contributed by atoms with Crippen molar-refractivity contribution in [1.29, 1.82) is 0 Å². The van der Waals surface area contributed by atoms with Gasteiger partial charge in [-0.15, -0.1) is 11.8 Å². The van der Waals surface area contributed by atoms with Gasteiger partial charge >= 0.3 is 0 Å². The van der Waals surface area contributed by atoms with Gasteiger partial charge in [0.05, 0.1) is 0 Å². The lowest BCUT2D eigenvalue weighted by Gasteiger charge is -2.05. The van der Waals surface area contributed by atoms with E-state index < -0.39 is 0 Å². The molecule has 0 aliphatic carbocycles. The summed E-state index contributed by atoms with van der Waals surface area (Å²) in [7, 11) is 0. The van der Waals surface area contributed by atoms with Crippen LogP contribution in [0.1, 0.15) is 5.56 Å². The van der Waals surface area contributed by atoms with Crippen LogP contribution in [-0.2, 0) is 5.75 Å². The molecule has 0 atom stereocenters. The zero-order chi connectivity index (χ0) is 11.4. The normalized spacial score (nSPS) is 10.3. The lowest BCUT2D eigenvalue weighted by atomic mass is 10.3. The van der Waals surface area contributed by atoms with Gasteiger partial charge in [-0.2, -0.15) is 0 Å².